The Labute approximate surface area is 78.6 Å². The monoisotopic (exact) mass is 200 g/mol. The lowest BCUT2D eigenvalue weighted by Gasteiger charge is -2.03. The smallest absolute Gasteiger partial charge is 0.311 e. The maximum absolute atomic E-state index is 11.0. The van der Waals surface area contributed by atoms with Gasteiger partial charge in [0.25, 0.3) is 0 Å². The minimum atomic E-state index is -2.29. The van der Waals surface area contributed by atoms with Crippen molar-refractivity contribution < 1.29 is 13.6 Å². The molecule has 0 aliphatic rings. The summed E-state index contributed by atoms with van der Waals surface area (Å²) in [4.78, 5) is 0. The summed E-state index contributed by atoms with van der Waals surface area (Å²) >= 11 is 0. The van der Waals surface area contributed by atoms with Crippen molar-refractivity contribution in [3.8, 4) is 0 Å². The quantitative estimate of drug-likeness (QED) is 0.685. The molecular weight excluding hydrogens is 187 g/mol. The van der Waals surface area contributed by atoms with Gasteiger partial charge in [0.15, 0.2) is 0 Å². The van der Waals surface area contributed by atoms with Gasteiger partial charge in [0.05, 0.1) is 13.2 Å². The van der Waals surface area contributed by atoms with E-state index >= 15 is 0 Å². The van der Waals surface area contributed by atoms with Crippen LogP contribution in [0.5, 0.6) is 0 Å². The Morgan fingerprint density at radius 1 is 1.23 bits per heavy atom. The maximum atomic E-state index is 11.0. The van der Waals surface area contributed by atoms with Crippen molar-refractivity contribution in [2.45, 2.75) is 13.5 Å². The van der Waals surface area contributed by atoms with Gasteiger partial charge in [-0.25, -0.2) is 0 Å². The largest absolute Gasteiger partial charge is 0.319 e. The Balaban J connectivity index is 2.31. The Hall–Kier alpha value is -0.630. The van der Waals surface area contributed by atoms with E-state index in [1.54, 1.807) is 6.92 Å². The zero-order chi connectivity index (χ0) is 9.52. The minimum Gasteiger partial charge on any atom is -0.311 e. The van der Waals surface area contributed by atoms with Gasteiger partial charge >= 0.3 is 8.25 Å². The van der Waals surface area contributed by atoms with Gasteiger partial charge < -0.3 is 9.05 Å². The number of hydrogen-bond donors (Lipinski definition) is 0. The summed E-state index contributed by atoms with van der Waals surface area (Å²) in [5.74, 6) is 0. The SMILES string of the molecule is CCO[PH](=O)OCc1ccccc1. The fourth-order valence-electron chi connectivity index (χ4n) is 0.876. The summed E-state index contributed by atoms with van der Waals surface area (Å²) in [5, 5.41) is 0. The number of hydrogen-bond acceptors (Lipinski definition) is 3. The molecular formula is C9H13O3P. The lowest BCUT2D eigenvalue weighted by atomic mass is 10.2. The van der Waals surface area contributed by atoms with Crippen LogP contribution in [0.2, 0.25) is 0 Å². The van der Waals surface area contributed by atoms with E-state index in [1.807, 2.05) is 30.3 Å². The molecule has 0 bridgehead atoms. The molecule has 0 saturated carbocycles. The van der Waals surface area contributed by atoms with E-state index in [1.165, 1.54) is 0 Å². The third-order valence-electron chi connectivity index (χ3n) is 1.46. The third-order valence-corrected chi connectivity index (χ3v) is 2.37. The normalized spacial score (nSPS) is 12.7. The van der Waals surface area contributed by atoms with Crippen LogP contribution in [0.3, 0.4) is 0 Å². The molecule has 0 spiro atoms. The number of benzene rings is 1. The summed E-state index contributed by atoms with van der Waals surface area (Å²) in [7, 11) is -2.29. The molecule has 4 heteroatoms. The maximum Gasteiger partial charge on any atom is 0.319 e. The first-order chi connectivity index (χ1) is 6.33. The third kappa shape index (κ3) is 4.23. The highest BCUT2D eigenvalue weighted by atomic mass is 31.1. The van der Waals surface area contributed by atoms with Gasteiger partial charge in [0.2, 0.25) is 0 Å². The van der Waals surface area contributed by atoms with Gasteiger partial charge in [-0.1, -0.05) is 30.3 Å². The highest BCUT2D eigenvalue weighted by Crippen LogP contribution is 2.24. The van der Waals surface area contributed by atoms with Crippen molar-refractivity contribution >= 4 is 8.25 Å². The van der Waals surface area contributed by atoms with Gasteiger partial charge in [-0.05, 0) is 12.5 Å². The van der Waals surface area contributed by atoms with E-state index in [9.17, 15) is 4.57 Å². The van der Waals surface area contributed by atoms with Crippen LogP contribution in [0, 0.1) is 0 Å². The van der Waals surface area contributed by atoms with E-state index in [4.69, 9.17) is 9.05 Å². The molecule has 1 unspecified atom stereocenters. The zero-order valence-electron chi connectivity index (χ0n) is 7.53. The molecule has 0 aliphatic carbocycles. The van der Waals surface area contributed by atoms with Gasteiger partial charge in [-0.15, -0.1) is 0 Å². The van der Waals surface area contributed by atoms with E-state index in [0.717, 1.165) is 5.56 Å². The van der Waals surface area contributed by atoms with E-state index in [0.29, 0.717) is 13.2 Å². The van der Waals surface area contributed by atoms with Crippen LogP contribution in [0.25, 0.3) is 0 Å². The van der Waals surface area contributed by atoms with Crippen LogP contribution in [0.15, 0.2) is 30.3 Å². The van der Waals surface area contributed by atoms with Crippen LogP contribution < -0.4 is 0 Å². The molecule has 1 atom stereocenters. The molecule has 72 valence electrons. The second kappa shape index (κ2) is 5.92. The molecule has 0 radical (unpaired) electrons. The molecule has 3 nitrogen and oxygen atoms in total. The van der Waals surface area contributed by atoms with Crippen LogP contribution in [-0.4, -0.2) is 6.61 Å². The predicted molar refractivity (Wildman–Crippen MR) is 51.9 cm³/mol. The molecule has 1 aromatic rings. The van der Waals surface area contributed by atoms with Gasteiger partial charge in [0.1, 0.15) is 0 Å². The molecule has 1 rings (SSSR count). The standard InChI is InChI=1S/C9H13O3P/c1-2-11-13(10)12-8-9-6-4-3-5-7-9/h3-7,13H,2,8H2,1H3. The van der Waals surface area contributed by atoms with Crippen molar-refractivity contribution in [2.75, 3.05) is 6.61 Å². The second-order valence-electron chi connectivity index (χ2n) is 2.46. The van der Waals surface area contributed by atoms with E-state index in [2.05, 4.69) is 0 Å². The minimum absolute atomic E-state index is 0.346. The molecule has 0 heterocycles. The summed E-state index contributed by atoms with van der Waals surface area (Å²) < 4.78 is 20.7. The summed E-state index contributed by atoms with van der Waals surface area (Å²) in [6, 6.07) is 9.59. The summed E-state index contributed by atoms with van der Waals surface area (Å²) in [6.07, 6.45) is 0. The Kier molecular flexibility index (Phi) is 4.76. The van der Waals surface area contributed by atoms with Crippen LogP contribution in [0.1, 0.15) is 12.5 Å². The summed E-state index contributed by atoms with van der Waals surface area (Å²) in [6.45, 7) is 2.56. The zero-order valence-corrected chi connectivity index (χ0v) is 8.53. The molecule has 0 saturated heterocycles. The van der Waals surface area contributed by atoms with Crippen molar-refractivity contribution in [3.63, 3.8) is 0 Å². The highest BCUT2D eigenvalue weighted by Gasteiger charge is 1.97. The molecule has 1 aromatic carbocycles. The Morgan fingerprint density at radius 2 is 1.92 bits per heavy atom. The van der Waals surface area contributed by atoms with Gasteiger partial charge in [-0.2, -0.15) is 0 Å². The van der Waals surface area contributed by atoms with Crippen molar-refractivity contribution in [2.24, 2.45) is 0 Å². The fourth-order valence-corrected chi connectivity index (χ4v) is 1.48. The highest BCUT2D eigenvalue weighted by molar-refractivity contribution is 7.33. The molecule has 0 fully saturated rings. The first kappa shape index (κ1) is 10.5. The molecule has 0 aliphatic heterocycles. The van der Waals surface area contributed by atoms with Crippen LogP contribution in [0.4, 0.5) is 0 Å². The topological polar surface area (TPSA) is 35.5 Å². The van der Waals surface area contributed by atoms with Gasteiger partial charge in [0, 0.05) is 0 Å². The molecule has 0 aromatic heterocycles. The number of rotatable bonds is 5. The average molecular weight is 200 g/mol. The fraction of sp³-hybridized carbons (Fsp3) is 0.333. The second-order valence-corrected chi connectivity index (χ2v) is 3.53. The lowest BCUT2D eigenvalue weighted by molar-refractivity contribution is 0.227. The van der Waals surface area contributed by atoms with E-state index < -0.39 is 8.25 Å². The van der Waals surface area contributed by atoms with Crippen LogP contribution >= 0.6 is 8.25 Å². The van der Waals surface area contributed by atoms with Crippen molar-refractivity contribution in [1.82, 2.24) is 0 Å². The average Bonchev–Trinajstić information content (AvgIpc) is 2.17. The first-order valence-corrected chi connectivity index (χ1v) is 5.39. The van der Waals surface area contributed by atoms with Crippen molar-refractivity contribution in [3.05, 3.63) is 35.9 Å². The summed E-state index contributed by atoms with van der Waals surface area (Å²) in [5.41, 5.74) is 1.00. The first-order valence-electron chi connectivity index (χ1n) is 4.16. The van der Waals surface area contributed by atoms with Crippen molar-refractivity contribution in [1.29, 1.82) is 0 Å². The van der Waals surface area contributed by atoms with Gasteiger partial charge in [-0.3, -0.25) is 4.57 Å². The van der Waals surface area contributed by atoms with E-state index in [-0.39, 0.29) is 0 Å². The Morgan fingerprint density at radius 3 is 2.54 bits per heavy atom. The van der Waals surface area contributed by atoms with Crippen LogP contribution in [-0.2, 0) is 20.2 Å². The Bertz CT molecular complexity index is 261. The molecule has 0 N–H and O–H groups in total. The lowest BCUT2D eigenvalue weighted by Crippen LogP contribution is -1.87. The molecule has 0 amide bonds. The molecule has 13 heavy (non-hydrogen) atoms. The predicted octanol–water partition coefficient (Wildman–Crippen LogP) is 2.63.